The molecule has 0 spiro atoms. The second-order valence-corrected chi connectivity index (χ2v) is 4.43. The third-order valence-corrected chi connectivity index (χ3v) is 3.40. The number of carbonyl (C=O) groups is 1. The van der Waals surface area contributed by atoms with Gasteiger partial charge in [-0.25, -0.2) is 0 Å². The minimum atomic E-state index is 0. The summed E-state index contributed by atoms with van der Waals surface area (Å²) < 4.78 is 5.26. The van der Waals surface area contributed by atoms with Crippen LogP contribution in [0.5, 0.6) is 0 Å². The molecular weight excluding hydrogens is 228 g/mol. The van der Waals surface area contributed by atoms with E-state index in [1.54, 1.807) is 7.11 Å². The van der Waals surface area contributed by atoms with Gasteiger partial charge in [-0.1, -0.05) is 6.42 Å². The molecule has 1 N–H and O–H groups in total. The second kappa shape index (κ2) is 6.42. The van der Waals surface area contributed by atoms with Crippen LogP contribution >= 0.6 is 12.4 Å². The lowest BCUT2D eigenvalue weighted by molar-refractivity contribution is -0.133. The predicted molar refractivity (Wildman–Crippen MR) is 64.9 cm³/mol. The number of amides is 1. The standard InChI is InChI=1S/C11H20N2O2.ClH/c1-15-9-5-7-13(8-9)11(14)10-4-2-3-6-12-10;/h9-10,12H,2-8H2,1H3;1H/t9-,10-;/m0./s1. The molecule has 2 rings (SSSR count). The summed E-state index contributed by atoms with van der Waals surface area (Å²) in [6, 6.07) is 0.0642. The smallest absolute Gasteiger partial charge is 0.239 e. The van der Waals surface area contributed by atoms with Gasteiger partial charge in [0, 0.05) is 20.2 Å². The fourth-order valence-corrected chi connectivity index (χ4v) is 2.40. The summed E-state index contributed by atoms with van der Waals surface area (Å²) in [5.74, 6) is 0.272. The predicted octanol–water partition coefficient (Wildman–Crippen LogP) is 0.798. The Bertz CT molecular complexity index is 232. The Kier molecular flexibility index (Phi) is 5.52. The first-order valence-corrected chi connectivity index (χ1v) is 5.86. The molecule has 4 nitrogen and oxygen atoms in total. The van der Waals surface area contributed by atoms with Crippen LogP contribution in [0.4, 0.5) is 0 Å². The van der Waals surface area contributed by atoms with Gasteiger partial charge in [0.05, 0.1) is 12.1 Å². The Labute approximate surface area is 103 Å². The van der Waals surface area contributed by atoms with E-state index in [1.807, 2.05) is 4.90 Å². The first-order valence-electron chi connectivity index (χ1n) is 5.86. The molecule has 0 saturated carbocycles. The van der Waals surface area contributed by atoms with E-state index in [-0.39, 0.29) is 30.5 Å². The average molecular weight is 249 g/mol. The maximum Gasteiger partial charge on any atom is 0.239 e. The summed E-state index contributed by atoms with van der Waals surface area (Å²) in [6.07, 6.45) is 4.59. The highest BCUT2D eigenvalue weighted by molar-refractivity contribution is 5.85. The maximum atomic E-state index is 12.1. The SMILES string of the molecule is CO[C@H]1CCN(C(=O)[C@@H]2CCCCN2)C1.Cl. The van der Waals surface area contributed by atoms with Gasteiger partial charge >= 0.3 is 0 Å². The maximum absolute atomic E-state index is 12.1. The van der Waals surface area contributed by atoms with Crippen LogP contribution in [0.2, 0.25) is 0 Å². The number of nitrogens with one attached hydrogen (secondary N) is 1. The molecule has 0 aromatic carbocycles. The Morgan fingerprint density at radius 3 is 2.75 bits per heavy atom. The molecule has 2 fully saturated rings. The molecule has 0 radical (unpaired) electrons. The van der Waals surface area contributed by atoms with Gasteiger partial charge in [-0.3, -0.25) is 4.79 Å². The molecule has 2 atom stereocenters. The quantitative estimate of drug-likeness (QED) is 0.786. The number of hydrogen-bond acceptors (Lipinski definition) is 3. The van der Waals surface area contributed by atoms with E-state index in [0.717, 1.165) is 32.5 Å². The van der Waals surface area contributed by atoms with E-state index in [0.29, 0.717) is 0 Å². The van der Waals surface area contributed by atoms with Gasteiger partial charge in [-0.15, -0.1) is 12.4 Å². The molecule has 5 heteroatoms. The number of nitrogens with zero attached hydrogens (tertiary/aromatic N) is 1. The third kappa shape index (κ3) is 3.09. The zero-order chi connectivity index (χ0) is 10.7. The average Bonchev–Trinajstić information content (AvgIpc) is 2.78. The first kappa shape index (κ1) is 13.7. The van der Waals surface area contributed by atoms with Crippen LogP contribution in [-0.2, 0) is 9.53 Å². The van der Waals surface area contributed by atoms with Crippen molar-refractivity contribution < 1.29 is 9.53 Å². The van der Waals surface area contributed by atoms with Crippen molar-refractivity contribution in [1.29, 1.82) is 0 Å². The molecule has 2 aliphatic rings. The van der Waals surface area contributed by atoms with Crippen molar-refractivity contribution in [2.75, 3.05) is 26.7 Å². The lowest BCUT2D eigenvalue weighted by Gasteiger charge is -2.27. The summed E-state index contributed by atoms with van der Waals surface area (Å²) in [5.41, 5.74) is 0. The Balaban J connectivity index is 0.00000128. The Morgan fingerprint density at radius 1 is 1.38 bits per heavy atom. The molecule has 2 heterocycles. The van der Waals surface area contributed by atoms with Crippen LogP contribution in [0.15, 0.2) is 0 Å². The number of piperidine rings is 1. The van der Waals surface area contributed by atoms with Crippen LogP contribution in [-0.4, -0.2) is 49.7 Å². The van der Waals surface area contributed by atoms with Crippen molar-refractivity contribution in [2.24, 2.45) is 0 Å². The van der Waals surface area contributed by atoms with Crippen molar-refractivity contribution in [3.8, 4) is 0 Å². The fourth-order valence-electron chi connectivity index (χ4n) is 2.40. The molecule has 0 unspecified atom stereocenters. The van der Waals surface area contributed by atoms with Gasteiger partial charge in [0.25, 0.3) is 0 Å². The highest BCUT2D eigenvalue weighted by Crippen LogP contribution is 2.16. The normalized spacial score (nSPS) is 29.9. The van der Waals surface area contributed by atoms with E-state index in [4.69, 9.17) is 4.74 Å². The van der Waals surface area contributed by atoms with E-state index < -0.39 is 0 Å². The van der Waals surface area contributed by atoms with Crippen molar-refractivity contribution >= 4 is 18.3 Å². The van der Waals surface area contributed by atoms with Crippen LogP contribution < -0.4 is 5.32 Å². The highest BCUT2D eigenvalue weighted by atomic mass is 35.5. The lowest BCUT2D eigenvalue weighted by Crippen LogP contribution is -2.48. The van der Waals surface area contributed by atoms with Gasteiger partial charge in [0.15, 0.2) is 0 Å². The second-order valence-electron chi connectivity index (χ2n) is 4.43. The largest absolute Gasteiger partial charge is 0.380 e. The number of hydrogen-bond donors (Lipinski definition) is 1. The summed E-state index contributed by atoms with van der Waals surface area (Å²) >= 11 is 0. The molecule has 16 heavy (non-hydrogen) atoms. The third-order valence-electron chi connectivity index (χ3n) is 3.40. The van der Waals surface area contributed by atoms with Crippen LogP contribution in [0.3, 0.4) is 0 Å². The number of halogens is 1. The first-order chi connectivity index (χ1) is 7.31. The van der Waals surface area contributed by atoms with E-state index in [2.05, 4.69) is 5.32 Å². The fraction of sp³-hybridized carbons (Fsp3) is 0.909. The number of methoxy groups -OCH3 is 1. The minimum Gasteiger partial charge on any atom is -0.380 e. The van der Waals surface area contributed by atoms with Crippen LogP contribution in [0.1, 0.15) is 25.7 Å². The summed E-state index contributed by atoms with van der Waals surface area (Å²) in [7, 11) is 1.72. The number of carbonyl (C=O) groups excluding carboxylic acids is 1. The van der Waals surface area contributed by atoms with Crippen molar-refractivity contribution in [3.05, 3.63) is 0 Å². The van der Waals surface area contributed by atoms with Crippen molar-refractivity contribution in [2.45, 2.75) is 37.8 Å². The molecule has 2 aliphatic heterocycles. The minimum absolute atomic E-state index is 0. The molecular formula is C11H21ClN2O2. The zero-order valence-electron chi connectivity index (χ0n) is 9.78. The highest BCUT2D eigenvalue weighted by Gasteiger charge is 2.31. The monoisotopic (exact) mass is 248 g/mol. The number of likely N-dealkylation sites (tertiary alicyclic amines) is 1. The number of ether oxygens (including phenoxy) is 1. The van der Waals surface area contributed by atoms with Crippen LogP contribution in [0, 0.1) is 0 Å². The van der Waals surface area contributed by atoms with Crippen molar-refractivity contribution in [1.82, 2.24) is 10.2 Å². The molecule has 0 aromatic rings. The van der Waals surface area contributed by atoms with Crippen molar-refractivity contribution in [3.63, 3.8) is 0 Å². The van der Waals surface area contributed by atoms with Gasteiger partial charge in [-0.2, -0.15) is 0 Å². The van der Waals surface area contributed by atoms with E-state index in [9.17, 15) is 4.79 Å². The van der Waals surface area contributed by atoms with Gasteiger partial charge in [0.2, 0.25) is 5.91 Å². The zero-order valence-corrected chi connectivity index (χ0v) is 10.6. The van der Waals surface area contributed by atoms with E-state index >= 15 is 0 Å². The number of rotatable bonds is 2. The molecule has 0 aromatic heterocycles. The molecule has 0 bridgehead atoms. The van der Waals surface area contributed by atoms with Gasteiger partial charge in [-0.05, 0) is 25.8 Å². The topological polar surface area (TPSA) is 41.6 Å². The van der Waals surface area contributed by atoms with E-state index in [1.165, 1.54) is 12.8 Å². The van der Waals surface area contributed by atoms with Gasteiger partial charge < -0.3 is 15.0 Å². The Hall–Kier alpha value is -0.320. The lowest BCUT2D eigenvalue weighted by atomic mass is 10.0. The summed E-state index contributed by atoms with van der Waals surface area (Å²) in [4.78, 5) is 14.0. The molecule has 1 amide bonds. The van der Waals surface area contributed by atoms with Gasteiger partial charge in [0.1, 0.15) is 0 Å². The summed E-state index contributed by atoms with van der Waals surface area (Å²) in [6.45, 7) is 2.61. The molecule has 0 aliphatic carbocycles. The summed E-state index contributed by atoms with van der Waals surface area (Å²) in [5, 5.41) is 3.30. The molecule has 94 valence electrons. The molecule has 2 saturated heterocycles. The Morgan fingerprint density at radius 2 is 2.19 bits per heavy atom. The van der Waals surface area contributed by atoms with Crippen LogP contribution in [0.25, 0.3) is 0 Å².